The number of benzene rings is 2. The van der Waals surface area contributed by atoms with Gasteiger partial charge in [0.1, 0.15) is 25.6 Å². The van der Waals surface area contributed by atoms with E-state index >= 15 is 0 Å². The van der Waals surface area contributed by atoms with Crippen LogP contribution in [0.3, 0.4) is 0 Å². The third-order valence-electron chi connectivity index (χ3n) is 12.1. The summed E-state index contributed by atoms with van der Waals surface area (Å²) < 4.78 is 51.8. The third-order valence-corrected chi connectivity index (χ3v) is 12.1. The average Bonchev–Trinajstić information content (AvgIpc) is 3.88. The smallest absolute Gasteiger partial charge is 0.306 e. The predicted octanol–water partition coefficient (Wildman–Crippen LogP) is 5.62. The number of amides is 2. The van der Waals surface area contributed by atoms with Gasteiger partial charge in [-0.3, -0.25) is 34.3 Å². The molecule has 2 unspecified atom stereocenters. The van der Waals surface area contributed by atoms with E-state index in [9.17, 15) is 14.4 Å². The maximum atomic E-state index is 13.7. The average molecular weight is 927 g/mol. The molecule has 0 aliphatic carbocycles. The highest BCUT2D eigenvalue weighted by molar-refractivity contribution is 6.04. The molecule has 1 aromatic heterocycles. The first-order valence-electron chi connectivity index (χ1n) is 22.7. The number of nitrogens with zero attached hydrogens (tertiary/aromatic N) is 6. The highest BCUT2D eigenvalue weighted by Gasteiger charge is 2.37. The lowest BCUT2D eigenvalue weighted by atomic mass is 10.1. The summed E-state index contributed by atoms with van der Waals surface area (Å²) in [5.74, 6) is 1.92. The Hall–Kier alpha value is -6.08. The van der Waals surface area contributed by atoms with Gasteiger partial charge in [0, 0.05) is 76.5 Å². The number of fused-ring (bicyclic) bond motifs is 4. The van der Waals surface area contributed by atoms with Crippen molar-refractivity contribution in [3.8, 4) is 28.7 Å². The number of allylic oxidation sites excluding steroid dienone is 1. The van der Waals surface area contributed by atoms with Crippen LogP contribution in [0.2, 0.25) is 0 Å². The van der Waals surface area contributed by atoms with Crippen LogP contribution >= 0.6 is 0 Å². The highest BCUT2D eigenvalue weighted by Crippen LogP contribution is 2.41. The molecule has 4 aliphatic rings. The summed E-state index contributed by atoms with van der Waals surface area (Å²) in [6, 6.07) is 10.2. The lowest BCUT2D eigenvalue weighted by molar-refractivity contribution is -0.141. The molecule has 18 nitrogen and oxygen atoms in total. The Kier molecular flexibility index (Phi) is 17.2. The summed E-state index contributed by atoms with van der Waals surface area (Å²) in [5.41, 5.74) is 4.12. The van der Waals surface area contributed by atoms with Crippen LogP contribution < -0.4 is 23.7 Å². The Labute approximate surface area is 391 Å². The summed E-state index contributed by atoms with van der Waals surface area (Å²) in [5, 5.41) is 0. The molecule has 2 aromatic carbocycles. The molecule has 7 rings (SSSR count). The van der Waals surface area contributed by atoms with Gasteiger partial charge in [0.2, 0.25) is 0 Å². The minimum absolute atomic E-state index is 0.00344. The van der Waals surface area contributed by atoms with E-state index in [1.165, 1.54) is 26.9 Å². The molecule has 2 amide bonds. The van der Waals surface area contributed by atoms with Crippen molar-refractivity contribution in [1.82, 2.24) is 19.7 Å². The number of rotatable bonds is 24. The second kappa shape index (κ2) is 23.6. The Morgan fingerprint density at radius 1 is 0.716 bits per heavy atom. The van der Waals surface area contributed by atoms with Gasteiger partial charge in [0.25, 0.3) is 11.8 Å². The van der Waals surface area contributed by atoms with Gasteiger partial charge in [0.05, 0.1) is 107 Å². The molecule has 67 heavy (non-hydrogen) atoms. The number of aliphatic imine (C=N–C) groups is 2. The molecule has 5 heterocycles. The van der Waals surface area contributed by atoms with Crippen molar-refractivity contribution in [2.75, 3.05) is 101 Å². The van der Waals surface area contributed by atoms with Gasteiger partial charge in [0.15, 0.2) is 23.0 Å². The second-order valence-corrected chi connectivity index (χ2v) is 16.7. The monoisotopic (exact) mass is 926 g/mol. The molecule has 3 atom stereocenters. The molecule has 18 heteroatoms. The standard InChI is InChI=1S/C49H62N6O12/c1-7-33-19-37-27-51-42-25-46(44(61-5)23-40(42)49(58)55(37)29-33)67-31-35-21-38(65-13-11-53(9-8-47(56)62-6)10-12-63-16-17-64-15-14-59-3)20-34(52-35)30-66-45-24-41-39(22-43(45)60-4)48(57)54-28-32(2)18-36(54)26-50-41/h7,20-27,32,36-37H,8-19,28-31H2,1-6H3/b33-7+/t32?,36?,37-/m0/s1. The molecule has 360 valence electrons. The third kappa shape index (κ3) is 12.5. The maximum Gasteiger partial charge on any atom is 0.306 e. The topological polar surface area (TPSA) is 182 Å². The summed E-state index contributed by atoms with van der Waals surface area (Å²) in [7, 11) is 6.05. The molecule has 2 fully saturated rings. The number of methoxy groups -OCH3 is 4. The number of carbonyl (C=O) groups is 3. The molecule has 0 radical (unpaired) electrons. The van der Waals surface area contributed by atoms with E-state index in [0.717, 1.165) is 12.8 Å². The summed E-state index contributed by atoms with van der Waals surface area (Å²) in [6.07, 6.45) is 7.52. The molecule has 2 saturated heterocycles. The van der Waals surface area contributed by atoms with E-state index in [1.54, 1.807) is 43.5 Å². The minimum atomic E-state index is -0.311. The zero-order valence-electron chi connectivity index (χ0n) is 39.3. The van der Waals surface area contributed by atoms with Crippen LogP contribution in [0.15, 0.2) is 58.0 Å². The summed E-state index contributed by atoms with van der Waals surface area (Å²) >= 11 is 0. The van der Waals surface area contributed by atoms with Crippen molar-refractivity contribution in [2.24, 2.45) is 15.9 Å². The Bertz CT molecular complexity index is 2320. The lowest BCUT2D eigenvalue weighted by Gasteiger charge is -2.22. The van der Waals surface area contributed by atoms with Crippen LogP contribution in [0.25, 0.3) is 0 Å². The second-order valence-electron chi connectivity index (χ2n) is 16.7. The van der Waals surface area contributed by atoms with E-state index in [2.05, 4.69) is 17.9 Å². The minimum Gasteiger partial charge on any atom is -0.493 e. The fraction of sp³-hybridized carbons (Fsp3) is 0.510. The first-order chi connectivity index (χ1) is 32.6. The fourth-order valence-electron chi connectivity index (χ4n) is 8.44. The number of ether oxygens (including phenoxy) is 9. The van der Waals surface area contributed by atoms with Crippen molar-refractivity contribution < 1.29 is 57.0 Å². The van der Waals surface area contributed by atoms with Crippen LogP contribution in [0.4, 0.5) is 11.4 Å². The van der Waals surface area contributed by atoms with E-state index in [0.29, 0.717) is 134 Å². The number of carbonyl (C=O) groups excluding carboxylic acids is 3. The molecular weight excluding hydrogens is 865 g/mol. The van der Waals surface area contributed by atoms with Gasteiger partial charge in [-0.2, -0.15) is 0 Å². The lowest BCUT2D eigenvalue weighted by Crippen LogP contribution is -2.35. The van der Waals surface area contributed by atoms with Crippen LogP contribution in [-0.4, -0.2) is 163 Å². The van der Waals surface area contributed by atoms with Crippen molar-refractivity contribution in [3.63, 3.8) is 0 Å². The van der Waals surface area contributed by atoms with Crippen molar-refractivity contribution >= 4 is 41.6 Å². The largest absolute Gasteiger partial charge is 0.493 e. The number of pyridine rings is 1. The molecule has 3 aromatic rings. The van der Waals surface area contributed by atoms with Gasteiger partial charge < -0.3 is 52.4 Å². The molecule has 4 aliphatic heterocycles. The van der Waals surface area contributed by atoms with Gasteiger partial charge in [-0.05, 0) is 37.8 Å². The Balaban J connectivity index is 1.09. The summed E-state index contributed by atoms with van der Waals surface area (Å²) in [4.78, 5) is 59.5. The summed E-state index contributed by atoms with van der Waals surface area (Å²) in [6.45, 7) is 9.42. The fourth-order valence-corrected chi connectivity index (χ4v) is 8.44. The van der Waals surface area contributed by atoms with Crippen molar-refractivity contribution in [3.05, 3.63) is 70.6 Å². The number of hydrogen-bond acceptors (Lipinski definition) is 16. The van der Waals surface area contributed by atoms with E-state index in [-0.39, 0.29) is 56.1 Å². The van der Waals surface area contributed by atoms with Crippen molar-refractivity contribution in [2.45, 2.75) is 58.4 Å². The van der Waals surface area contributed by atoms with Crippen LogP contribution in [0.5, 0.6) is 28.7 Å². The number of hydrogen-bond donors (Lipinski definition) is 0. The molecule has 0 N–H and O–H groups in total. The van der Waals surface area contributed by atoms with Gasteiger partial charge in [-0.1, -0.05) is 18.6 Å². The van der Waals surface area contributed by atoms with E-state index in [4.69, 9.17) is 57.6 Å². The zero-order chi connectivity index (χ0) is 47.3. The molecule has 0 saturated carbocycles. The van der Waals surface area contributed by atoms with Crippen molar-refractivity contribution in [1.29, 1.82) is 0 Å². The molecule has 0 spiro atoms. The van der Waals surface area contributed by atoms with Crippen LogP contribution in [0.1, 0.15) is 65.2 Å². The number of aromatic nitrogens is 1. The van der Waals surface area contributed by atoms with E-state index in [1.807, 2.05) is 29.2 Å². The maximum absolute atomic E-state index is 13.7. The normalized spacial score (nSPS) is 18.9. The number of esters is 1. The quantitative estimate of drug-likeness (QED) is 0.0613. The Morgan fingerprint density at radius 2 is 1.31 bits per heavy atom. The first-order valence-corrected chi connectivity index (χ1v) is 22.7. The molecular formula is C49H62N6O12. The van der Waals surface area contributed by atoms with Crippen LogP contribution in [-0.2, 0) is 37.0 Å². The predicted molar refractivity (Wildman–Crippen MR) is 249 cm³/mol. The SMILES string of the molecule is C/C=C1\C[C@H]2C=Nc3cc(OCc4cc(OCCN(CCOCCOCCOC)CCC(=O)OC)cc(COc5cc6c(cc5OC)C(=O)N5CC(C)CC5C=N6)n4)c(OC)cc3C(=O)N2C1. The van der Waals surface area contributed by atoms with Gasteiger partial charge >= 0.3 is 5.97 Å². The van der Waals surface area contributed by atoms with Gasteiger partial charge in [-0.15, -0.1) is 0 Å². The molecule has 0 bridgehead atoms. The highest BCUT2D eigenvalue weighted by atomic mass is 16.5. The Morgan fingerprint density at radius 3 is 1.93 bits per heavy atom. The zero-order valence-corrected chi connectivity index (χ0v) is 39.3. The van der Waals surface area contributed by atoms with E-state index < -0.39 is 0 Å². The first kappa shape index (κ1) is 48.8. The van der Waals surface area contributed by atoms with Crippen LogP contribution in [0, 0.1) is 5.92 Å². The van der Waals surface area contributed by atoms with Gasteiger partial charge in [-0.25, -0.2) is 0 Å².